The van der Waals surface area contributed by atoms with Crippen molar-refractivity contribution < 1.29 is 9.13 Å². The third-order valence-corrected chi connectivity index (χ3v) is 3.38. The van der Waals surface area contributed by atoms with Crippen LogP contribution in [-0.4, -0.2) is 7.11 Å². The highest BCUT2D eigenvalue weighted by Gasteiger charge is 2.28. The molecule has 0 fully saturated rings. The highest BCUT2D eigenvalue weighted by atomic mass is 35.5. The van der Waals surface area contributed by atoms with E-state index in [1.807, 2.05) is 12.1 Å². The Hall–Kier alpha value is -1.58. The summed E-state index contributed by atoms with van der Waals surface area (Å²) in [6.45, 7) is 1.80. The second-order valence-corrected chi connectivity index (χ2v) is 4.99. The number of methoxy groups -OCH3 is 1. The Labute approximate surface area is 117 Å². The molecule has 0 amide bonds. The fourth-order valence-corrected chi connectivity index (χ4v) is 2.24. The average Bonchev–Trinajstić information content (AvgIpc) is 2.38. The van der Waals surface area contributed by atoms with Gasteiger partial charge in [-0.25, -0.2) is 4.39 Å². The van der Waals surface area contributed by atoms with Crippen molar-refractivity contribution in [1.82, 2.24) is 0 Å². The highest BCUT2D eigenvalue weighted by Crippen LogP contribution is 2.34. The predicted molar refractivity (Wildman–Crippen MR) is 75.0 cm³/mol. The largest absolute Gasteiger partial charge is 0.496 e. The monoisotopic (exact) mass is 279 g/mol. The smallest absolute Gasteiger partial charge is 0.124 e. The summed E-state index contributed by atoms with van der Waals surface area (Å²) >= 11 is 5.98. The Kier molecular flexibility index (Phi) is 3.78. The van der Waals surface area contributed by atoms with E-state index < -0.39 is 5.54 Å². The first-order valence-corrected chi connectivity index (χ1v) is 6.22. The Morgan fingerprint density at radius 1 is 1.21 bits per heavy atom. The number of benzene rings is 2. The maximum atomic E-state index is 13.5. The summed E-state index contributed by atoms with van der Waals surface area (Å²) in [7, 11) is 1.53. The van der Waals surface area contributed by atoms with Crippen LogP contribution in [0.4, 0.5) is 4.39 Å². The third-order valence-electron chi connectivity index (χ3n) is 3.15. The molecule has 2 aromatic carbocycles. The zero-order valence-corrected chi connectivity index (χ0v) is 11.5. The molecule has 2 nitrogen and oxygen atoms in total. The SMILES string of the molecule is COc1ccc(F)cc1C(C)(N)c1cccc(Cl)c1. The van der Waals surface area contributed by atoms with Crippen molar-refractivity contribution in [2.45, 2.75) is 12.5 Å². The molecule has 100 valence electrons. The van der Waals surface area contributed by atoms with Crippen LogP contribution >= 0.6 is 11.6 Å². The van der Waals surface area contributed by atoms with Crippen LogP contribution in [0.3, 0.4) is 0 Å². The van der Waals surface area contributed by atoms with Crippen LogP contribution in [0.5, 0.6) is 5.75 Å². The average molecular weight is 280 g/mol. The molecule has 0 aliphatic heterocycles. The van der Waals surface area contributed by atoms with Crippen molar-refractivity contribution in [3.05, 3.63) is 64.4 Å². The van der Waals surface area contributed by atoms with Crippen molar-refractivity contribution in [3.8, 4) is 5.75 Å². The van der Waals surface area contributed by atoms with Crippen LogP contribution in [-0.2, 0) is 5.54 Å². The number of ether oxygens (including phenoxy) is 1. The predicted octanol–water partition coefficient (Wildman–Crippen LogP) is 3.71. The lowest BCUT2D eigenvalue weighted by atomic mass is 9.85. The topological polar surface area (TPSA) is 35.2 Å². The second-order valence-electron chi connectivity index (χ2n) is 4.56. The van der Waals surface area contributed by atoms with Gasteiger partial charge in [-0.2, -0.15) is 0 Å². The second kappa shape index (κ2) is 5.19. The summed E-state index contributed by atoms with van der Waals surface area (Å²) in [6.07, 6.45) is 0. The molecular formula is C15H15ClFNO. The van der Waals surface area contributed by atoms with E-state index in [1.54, 1.807) is 25.1 Å². The summed E-state index contributed by atoms with van der Waals surface area (Å²) < 4.78 is 18.7. The summed E-state index contributed by atoms with van der Waals surface area (Å²) in [6, 6.07) is 11.5. The van der Waals surface area contributed by atoms with Crippen LogP contribution in [0.2, 0.25) is 5.02 Å². The zero-order chi connectivity index (χ0) is 14.0. The quantitative estimate of drug-likeness (QED) is 0.929. The summed E-state index contributed by atoms with van der Waals surface area (Å²) in [5, 5.41) is 0.588. The first-order chi connectivity index (χ1) is 8.95. The summed E-state index contributed by atoms with van der Waals surface area (Å²) in [4.78, 5) is 0. The standard InChI is InChI=1S/C15H15ClFNO/c1-15(18,10-4-3-5-11(16)8-10)13-9-12(17)6-7-14(13)19-2/h3-9H,18H2,1-2H3. The van der Waals surface area contributed by atoms with Gasteiger partial charge in [0, 0.05) is 10.6 Å². The molecule has 0 radical (unpaired) electrons. The van der Waals surface area contributed by atoms with Crippen LogP contribution < -0.4 is 10.5 Å². The Balaban J connectivity index is 2.58. The molecule has 1 atom stereocenters. The number of rotatable bonds is 3. The first-order valence-electron chi connectivity index (χ1n) is 5.84. The molecule has 0 spiro atoms. The fourth-order valence-electron chi connectivity index (χ4n) is 2.05. The van der Waals surface area contributed by atoms with Crippen molar-refractivity contribution in [1.29, 1.82) is 0 Å². The molecule has 0 aliphatic carbocycles. The summed E-state index contributed by atoms with van der Waals surface area (Å²) in [5.41, 5.74) is 6.85. The van der Waals surface area contributed by atoms with Crippen LogP contribution in [0, 0.1) is 5.82 Å². The van der Waals surface area contributed by atoms with Gasteiger partial charge in [0.1, 0.15) is 11.6 Å². The maximum absolute atomic E-state index is 13.5. The molecule has 0 aliphatic rings. The number of nitrogens with two attached hydrogens (primary N) is 1. The van der Waals surface area contributed by atoms with Gasteiger partial charge in [0.15, 0.2) is 0 Å². The van der Waals surface area contributed by atoms with E-state index in [2.05, 4.69) is 0 Å². The molecule has 0 saturated carbocycles. The molecule has 0 aromatic heterocycles. The minimum Gasteiger partial charge on any atom is -0.496 e. The van der Waals surface area contributed by atoms with Crippen molar-refractivity contribution in [3.63, 3.8) is 0 Å². The number of hydrogen-bond donors (Lipinski definition) is 1. The number of hydrogen-bond acceptors (Lipinski definition) is 2. The Morgan fingerprint density at radius 3 is 2.58 bits per heavy atom. The molecule has 2 rings (SSSR count). The molecule has 4 heteroatoms. The van der Waals surface area contributed by atoms with Crippen molar-refractivity contribution in [2.24, 2.45) is 5.73 Å². The van der Waals surface area contributed by atoms with E-state index in [0.717, 1.165) is 5.56 Å². The molecule has 1 unspecified atom stereocenters. The van der Waals surface area contributed by atoms with Gasteiger partial charge in [0.2, 0.25) is 0 Å². The zero-order valence-electron chi connectivity index (χ0n) is 10.8. The van der Waals surface area contributed by atoms with Gasteiger partial charge < -0.3 is 10.5 Å². The lowest BCUT2D eigenvalue weighted by molar-refractivity contribution is 0.397. The third kappa shape index (κ3) is 2.72. The molecule has 0 bridgehead atoms. The molecule has 2 N–H and O–H groups in total. The highest BCUT2D eigenvalue weighted by molar-refractivity contribution is 6.30. The van der Waals surface area contributed by atoms with Gasteiger partial charge in [-0.15, -0.1) is 0 Å². The molecule has 19 heavy (non-hydrogen) atoms. The van der Waals surface area contributed by atoms with Crippen molar-refractivity contribution >= 4 is 11.6 Å². The molecular weight excluding hydrogens is 265 g/mol. The van der Waals surface area contributed by atoms with E-state index in [1.165, 1.54) is 19.2 Å². The Morgan fingerprint density at radius 2 is 1.95 bits per heavy atom. The lowest BCUT2D eigenvalue weighted by Crippen LogP contribution is -2.34. The molecule has 0 heterocycles. The van der Waals surface area contributed by atoms with Crippen LogP contribution in [0.1, 0.15) is 18.1 Å². The van der Waals surface area contributed by atoms with Gasteiger partial charge in [-0.3, -0.25) is 0 Å². The van der Waals surface area contributed by atoms with Crippen LogP contribution in [0.25, 0.3) is 0 Å². The fraction of sp³-hybridized carbons (Fsp3) is 0.200. The van der Waals surface area contributed by atoms with Crippen LogP contribution in [0.15, 0.2) is 42.5 Å². The lowest BCUT2D eigenvalue weighted by Gasteiger charge is -2.28. The van der Waals surface area contributed by atoms with Gasteiger partial charge in [0.25, 0.3) is 0 Å². The van der Waals surface area contributed by atoms with E-state index in [0.29, 0.717) is 16.3 Å². The Bertz CT molecular complexity index is 598. The van der Waals surface area contributed by atoms with Gasteiger partial charge in [-0.1, -0.05) is 23.7 Å². The van der Waals surface area contributed by atoms with E-state index in [-0.39, 0.29) is 5.82 Å². The first kappa shape index (κ1) is 13.8. The van der Waals surface area contributed by atoms with E-state index in [4.69, 9.17) is 22.1 Å². The minimum absolute atomic E-state index is 0.352. The van der Waals surface area contributed by atoms with Crippen molar-refractivity contribution in [2.75, 3.05) is 7.11 Å². The van der Waals surface area contributed by atoms with E-state index >= 15 is 0 Å². The van der Waals surface area contributed by atoms with E-state index in [9.17, 15) is 4.39 Å². The maximum Gasteiger partial charge on any atom is 0.124 e. The molecule has 0 saturated heterocycles. The van der Waals surface area contributed by atoms with Gasteiger partial charge >= 0.3 is 0 Å². The minimum atomic E-state index is -0.891. The normalized spacial score (nSPS) is 13.9. The van der Waals surface area contributed by atoms with Gasteiger partial charge in [-0.05, 0) is 42.8 Å². The summed E-state index contributed by atoms with van der Waals surface area (Å²) in [5.74, 6) is 0.195. The van der Waals surface area contributed by atoms with Gasteiger partial charge in [0.05, 0.1) is 12.6 Å². The number of halogens is 2. The molecule has 2 aromatic rings.